The van der Waals surface area contributed by atoms with Crippen LogP contribution in [0, 0.1) is 11.8 Å². The summed E-state index contributed by atoms with van der Waals surface area (Å²) in [5.74, 6) is 1.46. The monoisotopic (exact) mass is 290 g/mol. The molecule has 0 bridgehead atoms. The summed E-state index contributed by atoms with van der Waals surface area (Å²) in [6.45, 7) is 10.0. The van der Waals surface area contributed by atoms with Crippen LogP contribution in [-0.2, 0) is 6.54 Å². The smallest absolute Gasteiger partial charge is 0.0440 e. The SMILES string of the molecule is CC(C)CNCc1cnccc1N(C)CC1CCN(C)C1. The third-order valence-corrected chi connectivity index (χ3v) is 4.18. The molecular weight excluding hydrogens is 260 g/mol. The van der Waals surface area contributed by atoms with Crippen molar-refractivity contribution in [2.24, 2.45) is 11.8 Å². The van der Waals surface area contributed by atoms with Crippen LogP contribution in [0.5, 0.6) is 0 Å². The third kappa shape index (κ3) is 4.97. The predicted octanol–water partition coefficient (Wildman–Crippen LogP) is 2.22. The number of nitrogens with zero attached hydrogens (tertiary/aromatic N) is 3. The fourth-order valence-electron chi connectivity index (χ4n) is 3.08. The summed E-state index contributed by atoms with van der Waals surface area (Å²) < 4.78 is 0. The maximum atomic E-state index is 4.29. The van der Waals surface area contributed by atoms with Crippen LogP contribution in [0.4, 0.5) is 5.69 Å². The van der Waals surface area contributed by atoms with E-state index in [-0.39, 0.29) is 0 Å². The molecule has 4 heteroatoms. The van der Waals surface area contributed by atoms with E-state index >= 15 is 0 Å². The first-order valence-electron chi connectivity index (χ1n) is 8.09. The van der Waals surface area contributed by atoms with E-state index in [2.05, 4.69) is 54.1 Å². The van der Waals surface area contributed by atoms with Crippen molar-refractivity contribution >= 4 is 5.69 Å². The Kier molecular flexibility index (Phi) is 6.00. The number of pyridine rings is 1. The van der Waals surface area contributed by atoms with Crippen LogP contribution in [0.2, 0.25) is 0 Å². The fourth-order valence-corrected chi connectivity index (χ4v) is 3.08. The van der Waals surface area contributed by atoms with Crippen LogP contribution in [0.3, 0.4) is 0 Å². The van der Waals surface area contributed by atoms with E-state index in [4.69, 9.17) is 0 Å². The van der Waals surface area contributed by atoms with Crippen LogP contribution in [-0.4, -0.2) is 50.2 Å². The normalized spacial score (nSPS) is 19.4. The molecular formula is C17H30N4. The van der Waals surface area contributed by atoms with Gasteiger partial charge in [0.15, 0.2) is 0 Å². The van der Waals surface area contributed by atoms with Gasteiger partial charge in [-0.25, -0.2) is 0 Å². The highest BCUT2D eigenvalue weighted by Crippen LogP contribution is 2.22. The van der Waals surface area contributed by atoms with E-state index in [1.807, 2.05) is 12.4 Å². The Bertz CT molecular complexity index is 433. The van der Waals surface area contributed by atoms with Crippen molar-refractivity contribution in [2.75, 3.05) is 45.2 Å². The predicted molar refractivity (Wildman–Crippen MR) is 89.7 cm³/mol. The van der Waals surface area contributed by atoms with Gasteiger partial charge in [-0.3, -0.25) is 4.98 Å². The summed E-state index contributed by atoms with van der Waals surface area (Å²) >= 11 is 0. The molecule has 1 aliphatic heterocycles. The lowest BCUT2D eigenvalue weighted by atomic mass is 10.1. The number of likely N-dealkylation sites (tertiary alicyclic amines) is 1. The minimum atomic E-state index is 0.678. The number of aromatic nitrogens is 1. The largest absolute Gasteiger partial charge is 0.374 e. The lowest BCUT2D eigenvalue weighted by Gasteiger charge is -2.25. The molecule has 0 amide bonds. The molecule has 4 nitrogen and oxygen atoms in total. The molecule has 21 heavy (non-hydrogen) atoms. The molecule has 2 heterocycles. The van der Waals surface area contributed by atoms with Gasteiger partial charge >= 0.3 is 0 Å². The Morgan fingerprint density at radius 1 is 1.48 bits per heavy atom. The first kappa shape index (κ1) is 16.2. The van der Waals surface area contributed by atoms with Crippen LogP contribution < -0.4 is 10.2 Å². The number of hydrogen-bond acceptors (Lipinski definition) is 4. The third-order valence-electron chi connectivity index (χ3n) is 4.18. The first-order valence-corrected chi connectivity index (χ1v) is 8.09. The fraction of sp³-hybridized carbons (Fsp3) is 0.706. The highest BCUT2D eigenvalue weighted by molar-refractivity contribution is 5.51. The standard InChI is InChI=1S/C17H30N4/c1-14(2)9-19-11-16-10-18-7-5-17(16)21(4)13-15-6-8-20(3)12-15/h5,7,10,14-15,19H,6,8-9,11-13H2,1-4H3. The Labute approximate surface area is 129 Å². The summed E-state index contributed by atoms with van der Waals surface area (Å²) in [6, 6.07) is 2.14. The molecule has 118 valence electrons. The van der Waals surface area contributed by atoms with E-state index in [0.29, 0.717) is 5.92 Å². The molecule has 1 N–H and O–H groups in total. The molecule has 1 fully saturated rings. The van der Waals surface area contributed by atoms with Crippen molar-refractivity contribution in [3.63, 3.8) is 0 Å². The molecule has 0 saturated carbocycles. The Balaban J connectivity index is 1.94. The lowest BCUT2D eigenvalue weighted by Crippen LogP contribution is -2.29. The van der Waals surface area contributed by atoms with Crippen LogP contribution in [0.15, 0.2) is 18.5 Å². The number of anilines is 1. The van der Waals surface area contributed by atoms with Crippen molar-refractivity contribution in [3.05, 3.63) is 24.0 Å². The summed E-state index contributed by atoms with van der Waals surface area (Å²) in [7, 11) is 4.42. The molecule has 2 rings (SSSR count). The molecule has 1 saturated heterocycles. The zero-order valence-electron chi connectivity index (χ0n) is 14.0. The van der Waals surface area contributed by atoms with Crippen LogP contribution in [0.25, 0.3) is 0 Å². The molecule has 1 aromatic heterocycles. The highest BCUT2D eigenvalue weighted by atomic mass is 15.2. The molecule has 0 aliphatic carbocycles. The molecule has 1 atom stereocenters. The van der Waals surface area contributed by atoms with Crippen molar-refractivity contribution in [1.82, 2.24) is 15.2 Å². The van der Waals surface area contributed by atoms with E-state index in [1.165, 1.54) is 30.8 Å². The highest BCUT2D eigenvalue weighted by Gasteiger charge is 2.21. The summed E-state index contributed by atoms with van der Waals surface area (Å²) in [5.41, 5.74) is 2.61. The topological polar surface area (TPSA) is 31.4 Å². The number of nitrogens with one attached hydrogen (secondary N) is 1. The molecule has 0 aromatic carbocycles. The van der Waals surface area contributed by atoms with Gasteiger partial charge in [0.2, 0.25) is 0 Å². The summed E-state index contributed by atoms with van der Waals surface area (Å²) in [5, 5.41) is 3.52. The zero-order chi connectivity index (χ0) is 15.2. The van der Waals surface area contributed by atoms with Gasteiger partial charge in [-0.1, -0.05) is 13.8 Å². The Morgan fingerprint density at radius 2 is 2.29 bits per heavy atom. The maximum Gasteiger partial charge on any atom is 0.0440 e. The molecule has 1 aliphatic rings. The van der Waals surface area contributed by atoms with Gasteiger partial charge in [-0.2, -0.15) is 0 Å². The van der Waals surface area contributed by atoms with Gasteiger partial charge in [-0.15, -0.1) is 0 Å². The van der Waals surface area contributed by atoms with E-state index in [9.17, 15) is 0 Å². The number of rotatable bonds is 7. The average molecular weight is 290 g/mol. The van der Waals surface area contributed by atoms with Crippen molar-refractivity contribution < 1.29 is 0 Å². The lowest BCUT2D eigenvalue weighted by molar-refractivity contribution is 0.396. The second-order valence-corrected chi connectivity index (χ2v) is 6.83. The van der Waals surface area contributed by atoms with Crippen molar-refractivity contribution in [2.45, 2.75) is 26.8 Å². The summed E-state index contributed by atoms with van der Waals surface area (Å²) in [6.07, 6.45) is 5.21. The first-order chi connectivity index (χ1) is 10.1. The van der Waals surface area contributed by atoms with Gasteiger partial charge in [-0.05, 0) is 44.5 Å². The van der Waals surface area contributed by atoms with E-state index in [0.717, 1.165) is 25.6 Å². The van der Waals surface area contributed by atoms with Gasteiger partial charge in [0.1, 0.15) is 0 Å². The van der Waals surface area contributed by atoms with Crippen LogP contribution >= 0.6 is 0 Å². The molecule has 1 aromatic rings. The van der Waals surface area contributed by atoms with Gasteiger partial charge in [0, 0.05) is 50.3 Å². The minimum Gasteiger partial charge on any atom is -0.374 e. The van der Waals surface area contributed by atoms with Crippen molar-refractivity contribution in [1.29, 1.82) is 0 Å². The second-order valence-electron chi connectivity index (χ2n) is 6.83. The average Bonchev–Trinajstić information content (AvgIpc) is 2.84. The van der Waals surface area contributed by atoms with Gasteiger partial charge < -0.3 is 15.1 Å². The van der Waals surface area contributed by atoms with Crippen LogP contribution in [0.1, 0.15) is 25.8 Å². The zero-order valence-corrected chi connectivity index (χ0v) is 14.0. The summed E-state index contributed by atoms with van der Waals surface area (Å²) in [4.78, 5) is 9.12. The van der Waals surface area contributed by atoms with Gasteiger partial charge in [0.25, 0.3) is 0 Å². The second kappa shape index (κ2) is 7.76. The quantitative estimate of drug-likeness (QED) is 0.834. The van der Waals surface area contributed by atoms with Gasteiger partial charge in [0.05, 0.1) is 0 Å². The van der Waals surface area contributed by atoms with E-state index in [1.54, 1.807) is 0 Å². The van der Waals surface area contributed by atoms with Crippen molar-refractivity contribution in [3.8, 4) is 0 Å². The maximum absolute atomic E-state index is 4.29. The Hall–Kier alpha value is -1.13. The molecule has 0 spiro atoms. The number of hydrogen-bond donors (Lipinski definition) is 1. The Morgan fingerprint density at radius 3 is 2.95 bits per heavy atom. The molecule has 1 unspecified atom stereocenters. The van der Waals surface area contributed by atoms with E-state index < -0.39 is 0 Å². The minimum absolute atomic E-state index is 0.678. The molecule has 0 radical (unpaired) electrons.